The summed E-state index contributed by atoms with van der Waals surface area (Å²) in [5, 5.41) is 14.4. The summed E-state index contributed by atoms with van der Waals surface area (Å²) in [6.45, 7) is 4.89. The quantitative estimate of drug-likeness (QED) is 0.603. The van der Waals surface area contributed by atoms with Gasteiger partial charge in [-0.15, -0.1) is 0 Å². The second kappa shape index (κ2) is 5.68. The third-order valence-corrected chi connectivity index (χ3v) is 3.80. The van der Waals surface area contributed by atoms with Crippen molar-refractivity contribution in [2.75, 3.05) is 0 Å². The maximum Gasteiger partial charge on any atom is 0.329 e. The van der Waals surface area contributed by atoms with Gasteiger partial charge in [0.25, 0.3) is 0 Å². The predicted octanol–water partition coefficient (Wildman–Crippen LogP) is 0.583. The van der Waals surface area contributed by atoms with E-state index in [0.29, 0.717) is 12.8 Å². The molecule has 0 heterocycles. The zero-order valence-electron chi connectivity index (χ0n) is 12.2. The first-order valence-corrected chi connectivity index (χ1v) is 6.73. The van der Waals surface area contributed by atoms with E-state index in [1.54, 1.807) is 0 Å². The second-order valence-electron chi connectivity index (χ2n) is 6.16. The first-order chi connectivity index (χ1) is 9.09. The van der Waals surface area contributed by atoms with Gasteiger partial charge in [-0.3, -0.25) is 4.79 Å². The molecule has 0 aliphatic heterocycles. The molecule has 0 spiro atoms. The maximum atomic E-state index is 12.0. The second-order valence-corrected chi connectivity index (χ2v) is 6.16. The van der Waals surface area contributed by atoms with Crippen molar-refractivity contribution in [3.05, 3.63) is 0 Å². The predicted molar refractivity (Wildman–Crippen MR) is 72.9 cm³/mol. The van der Waals surface area contributed by atoms with Crippen LogP contribution >= 0.6 is 0 Å². The van der Waals surface area contributed by atoms with Crippen molar-refractivity contribution in [3.63, 3.8) is 0 Å². The minimum Gasteiger partial charge on any atom is -0.480 e. The zero-order valence-corrected chi connectivity index (χ0v) is 12.2. The van der Waals surface area contributed by atoms with Gasteiger partial charge in [-0.2, -0.15) is 0 Å². The number of carboxylic acids is 1. The van der Waals surface area contributed by atoms with Crippen LogP contribution < -0.4 is 16.4 Å². The average molecular weight is 285 g/mol. The molecule has 3 amide bonds. The molecule has 0 aromatic rings. The Morgan fingerprint density at radius 2 is 1.95 bits per heavy atom. The molecule has 0 radical (unpaired) electrons. The van der Waals surface area contributed by atoms with Crippen molar-refractivity contribution >= 4 is 17.9 Å². The third kappa shape index (κ3) is 3.61. The van der Waals surface area contributed by atoms with Crippen molar-refractivity contribution in [3.8, 4) is 0 Å². The first-order valence-electron chi connectivity index (χ1n) is 6.73. The minimum atomic E-state index is -1.27. The van der Waals surface area contributed by atoms with Crippen LogP contribution in [0.5, 0.6) is 0 Å². The molecule has 5 N–H and O–H groups in total. The van der Waals surface area contributed by atoms with Gasteiger partial charge in [-0.25, -0.2) is 9.59 Å². The Labute approximate surface area is 118 Å². The van der Waals surface area contributed by atoms with E-state index in [0.717, 1.165) is 12.8 Å². The van der Waals surface area contributed by atoms with E-state index in [1.807, 2.05) is 6.92 Å². The van der Waals surface area contributed by atoms with Crippen molar-refractivity contribution in [1.82, 2.24) is 10.6 Å². The summed E-state index contributed by atoms with van der Waals surface area (Å²) in [6.07, 6.45) is 2.46. The number of hydrogen-bond donors (Lipinski definition) is 4. The van der Waals surface area contributed by atoms with E-state index in [-0.39, 0.29) is 5.92 Å². The number of hydrogen-bond acceptors (Lipinski definition) is 3. The van der Waals surface area contributed by atoms with Gasteiger partial charge in [-0.05, 0) is 32.6 Å². The number of aliphatic carboxylic acids is 1. The van der Waals surface area contributed by atoms with Crippen molar-refractivity contribution < 1.29 is 19.5 Å². The smallest absolute Gasteiger partial charge is 0.329 e. The summed E-state index contributed by atoms with van der Waals surface area (Å²) in [6, 6.07) is -0.690. The van der Waals surface area contributed by atoms with Gasteiger partial charge in [0.1, 0.15) is 11.1 Å². The number of nitrogens with one attached hydrogen (secondary N) is 2. The van der Waals surface area contributed by atoms with E-state index < -0.39 is 29.0 Å². The number of carboxylic acid groups (broad SMARTS) is 1. The van der Waals surface area contributed by atoms with E-state index >= 15 is 0 Å². The topological polar surface area (TPSA) is 122 Å². The number of nitrogens with two attached hydrogens (primary N) is 1. The number of rotatable bonds is 4. The molecule has 1 aliphatic rings. The maximum absolute atomic E-state index is 12.0. The molecule has 0 bridgehead atoms. The molecular weight excluding hydrogens is 262 g/mol. The van der Waals surface area contributed by atoms with E-state index in [2.05, 4.69) is 10.6 Å². The third-order valence-electron chi connectivity index (χ3n) is 3.80. The fourth-order valence-corrected chi connectivity index (χ4v) is 2.51. The van der Waals surface area contributed by atoms with Crippen LogP contribution in [0.3, 0.4) is 0 Å². The lowest BCUT2D eigenvalue weighted by atomic mass is 9.76. The zero-order chi connectivity index (χ0) is 15.6. The van der Waals surface area contributed by atoms with Gasteiger partial charge in [0.2, 0.25) is 5.91 Å². The molecule has 1 saturated carbocycles. The Hall–Kier alpha value is -1.79. The lowest BCUT2D eigenvalue weighted by Gasteiger charge is -2.37. The van der Waals surface area contributed by atoms with E-state index in [1.165, 1.54) is 13.8 Å². The Kier molecular flexibility index (Phi) is 4.62. The number of carbonyl (C=O) groups is 3. The van der Waals surface area contributed by atoms with Crippen molar-refractivity contribution in [2.24, 2.45) is 11.7 Å². The van der Waals surface area contributed by atoms with Gasteiger partial charge in [0.15, 0.2) is 0 Å². The molecule has 1 aliphatic carbocycles. The van der Waals surface area contributed by atoms with Crippen molar-refractivity contribution in [2.45, 2.75) is 57.5 Å². The molecular formula is C13H23N3O4. The Morgan fingerprint density at radius 1 is 1.35 bits per heavy atom. The van der Waals surface area contributed by atoms with Crippen LogP contribution in [-0.2, 0) is 9.59 Å². The van der Waals surface area contributed by atoms with Crippen LogP contribution in [0.15, 0.2) is 0 Å². The van der Waals surface area contributed by atoms with Gasteiger partial charge < -0.3 is 21.5 Å². The Morgan fingerprint density at radius 3 is 2.40 bits per heavy atom. The number of primary amides is 1. The summed E-state index contributed by atoms with van der Waals surface area (Å²) in [5.41, 5.74) is 2.67. The molecule has 0 aromatic carbocycles. The number of amides is 3. The average Bonchev–Trinajstić information content (AvgIpc) is 2.27. The molecule has 1 fully saturated rings. The molecule has 1 rings (SSSR count). The standard InChI is InChI=1S/C13H23N3O4/c1-8-5-4-6-13(7-8,10(18)19)16-11(20)15-12(2,3)9(14)17/h8H,4-7H2,1-3H3,(H2,14,17)(H,18,19)(H2,15,16,20). The molecule has 7 heteroatoms. The summed E-state index contributed by atoms with van der Waals surface area (Å²) < 4.78 is 0. The highest BCUT2D eigenvalue weighted by molar-refractivity contribution is 5.91. The van der Waals surface area contributed by atoms with Gasteiger partial charge in [0, 0.05) is 0 Å². The van der Waals surface area contributed by atoms with Crippen LogP contribution in [0.4, 0.5) is 4.79 Å². The number of urea groups is 1. The summed E-state index contributed by atoms with van der Waals surface area (Å²) in [5.74, 6) is -1.51. The number of carbonyl (C=O) groups excluding carboxylic acids is 2. The van der Waals surface area contributed by atoms with Gasteiger partial charge in [-0.1, -0.05) is 19.8 Å². The Balaban J connectivity index is 2.79. The van der Waals surface area contributed by atoms with E-state index in [9.17, 15) is 19.5 Å². The van der Waals surface area contributed by atoms with Crippen LogP contribution in [0.1, 0.15) is 46.5 Å². The molecule has 0 saturated heterocycles. The highest BCUT2D eigenvalue weighted by atomic mass is 16.4. The highest BCUT2D eigenvalue weighted by Gasteiger charge is 2.44. The molecule has 2 atom stereocenters. The molecule has 0 aromatic heterocycles. The van der Waals surface area contributed by atoms with Gasteiger partial charge in [0.05, 0.1) is 0 Å². The molecule has 114 valence electrons. The first kappa shape index (κ1) is 16.3. The van der Waals surface area contributed by atoms with E-state index in [4.69, 9.17) is 5.73 Å². The highest BCUT2D eigenvalue weighted by Crippen LogP contribution is 2.32. The minimum absolute atomic E-state index is 0.226. The molecule has 20 heavy (non-hydrogen) atoms. The SMILES string of the molecule is CC1CCCC(NC(=O)NC(C)(C)C(N)=O)(C(=O)O)C1. The van der Waals surface area contributed by atoms with Crippen LogP contribution in [-0.4, -0.2) is 34.1 Å². The normalized spacial score (nSPS) is 26.6. The Bertz CT molecular complexity index is 422. The molecule has 2 unspecified atom stereocenters. The van der Waals surface area contributed by atoms with Crippen LogP contribution in [0, 0.1) is 5.92 Å². The van der Waals surface area contributed by atoms with Gasteiger partial charge >= 0.3 is 12.0 Å². The molecule has 7 nitrogen and oxygen atoms in total. The monoisotopic (exact) mass is 285 g/mol. The van der Waals surface area contributed by atoms with Crippen LogP contribution in [0.2, 0.25) is 0 Å². The van der Waals surface area contributed by atoms with Crippen molar-refractivity contribution in [1.29, 1.82) is 0 Å². The fraction of sp³-hybridized carbons (Fsp3) is 0.769. The summed E-state index contributed by atoms with van der Waals surface area (Å²) in [4.78, 5) is 34.7. The summed E-state index contributed by atoms with van der Waals surface area (Å²) >= 11 is 0. The summed E-state index contributed by atoms with van der Waals surface area (Å²) in [7, 11) is 0. The largest absolute Gasteiger partial charge is 0.480 e. The lowest BCUT2D eigenvalue weighted by molar-refractivity contribution is -0.146. The van der Waals surface area contributed by atoms with Crippen LogP contribution in [0.25, 0.3) is 0 Å². The fourth-order valence-electron chi connectivity index (χ4n) is 2.51. The lowest BCUT2D eigenvalue weighted by Crippen LogP contribution is -2.63.